The molecule has 3 rings (SSSR count). The SMILES string of the molecule is COc1ccc(CCO[C@]2(I)CCCC[C@@H]2N2CCCC2O)cc1OC. The third-order valence-corrected chi connectivity index (χ3v) is 7.16. The highest BCUT2D eigenvalue weighted by molar-refractivity contribution is 14.1. The Morgan fingerprint density at radius 3 is 2.65 bits per heavy atom. The molecule has 5 nitrogen and oxygen atoms in total. The van der Waals surface area contributed by atoms with Crippen LogP contribution in [0.5, 0.6) is 11.5 Å². The molecule has 1 aliphatic carbocycles. The van der Waals surface area contributed by atoms with Crippen molar-refractivity contribution < 1.29 is 19.3 Å². The van der Waals surface area contributed by atoms with Gasteiger partial charge >= 0.3 is 0 Å². The van der Waals surface area contributed by atoms with Gasteiger partial charge in [-0.25, -0.2) is 0 Å². The number of methoxy groups -OCH3 is 2. The van der Waals surface area contributed by atoms with E-state index in [2.05, 4.69) is 33.6 Å². The van der Waals surface area contributed by atoms with Gasteiger partial charge in [-0.2, -0.15) is 0 Å². The summed E-state index contributed by atoms with van der Waals surface area (Å²) in [6, 6.07) is 6.33. The van der Waals surface area contributed by atoms with E-state index in [1.807, 2.05) is 12.1 Å². The van der Waals surface area contributed by atoms with Crippen molar-refractivity contribution in [1.82, 2.24) is 4.90 Å². The van der Waals surface area contributed by atoms with Crippen molar-refractivity contribution in [3.63, 3.8) is 0 Å². The van der Waals surface area contributed by atoms with E-state index in [1.54, 1.807) is 14.2 Å². The highest BCUT2D eigenvalue weighted by Crippen LogP contribution is 2.42. The summed E-state index contributed by atoms with van der Waals surface area (Å²) in [5.74, 6) is 1.50. The summed E-state index contributed by atoms with van der Waals surface area (Å²) in [6.07, 6.45) is 7.06. The molecule has 0 aromatic heterocycles. The minimum Gasteiger partial charge on any atom is -0.493 e. The maximum Gasteiger partial charge on any atom is 0.160 e. The summed E-state index contributed by atoms with van der Waals surface area (Å²) in [4.78, 5) is 2.27. The first-order chi connectivity index (χ1) is 12.6. The van der Waals surface area contributed by atoms with Crippen LogP contribution in [0.25, 0.3) is 0 Å². The maximum atomic E-state index is 10.3. The van der Waals surface area contributed by atoms with E-state index in [4.69, 9.17) is 14.2 Å². The lowest BCUT2D eigenvalue weighted by Gasteiger charge is -2.45. The van der Waals surface area contributed by atoms with Gasteiger partial charge in [0.05, 0.1) is 26.9 Å². The molecule has 0 amide bonds. The van der Waals surface area contributed by atoms with Crippen LogP contribution in [0.15, 0.2) is 18.2 Å². The van der Waals surface area contributed by atoms with Crippen molar-refractivity contribution in [2.75, 3.05) is 27.4 Å². The van der Waals surface area contributed by atoms with Crippen LogP contribution in [0.4, 0.5) is 0 Å². The molecule has 1 aliphatic heterocycles. The number of halogens is 1. The van der Waals surface area contributed by atoms with Crippen LogP contribution in [0.1, 0.15) is 44.1 Å². The van der Waals surface area contributed by atoms with Gasteiger partial charge in [0.2, 0.25) is 0 Å². The molecule has 1 unspecified atom stereocenters. The normalized spacial score (nSPS) is 29.7. The Hall–Kier alpha value is -0.570. The highest BCUT2D eigenvalue weighted by atomic mass is 127. The van der Waals surface area contributed by atoms with Gasteiger partial charge in [-0.05, 0) is 78.8 Å². The molecular formula is C20H30INO4. The van der Waals surface area contributed by atoms with E-state index in [0.717, 1.165) is 50.1 Å². The Morgan fingerprint density at radius 1 is 1.15 bits per heavy atom. The van der Waals surface area contributed by atoms with Gasteiger partial charge in [-0.1, -0.05) is 12.5 Å². The van der Waals surface area contributed by atoms with Crippen LogP contribution < -0.4 is 9.47 Å². The number of rotatable bonds is 7. The molecule has 1 heterocycles. The van der Waals surface area contributed by atoms with E-state index >= 15 is 0 Å². The van der Waals surface area contributed by atoms with Crippen molar-refractivity contribution in [2.24, 2.45) is 0 Å². The van der Waals surface area contributed by atoms with Crippen molar-refractivity contribution in [1.29, 1.82) is 0 Å². The van der Waals surface area contributed by atoms with Gasteiger partial charge in [0.25, 0.3) is 0 Å². The Bertz CT molecular complexity index is 599. The van der Waals surface area contributed by atoms with Crippen LogP contribution in [-0.2, 0) is 11.2 Å². The first-order valence-electron chi connectivity index (χ1n) is 9.55. The average Bonchev–Trinajstić information content (AvgIpc) is 3.07. The second-order valence-corrected chi connectivity index (χ2v) is 9.02. The largest absolute Gasteiger partial charge is 0.493 e. The number of aliphatic hydroxyl groups excluding tert-OH is 1. The van der Waals surface area contributed by atoms with Crippen LogP contribution in [0, 0.1) is 0 Å². The average molecular weight is 475 g/mol. The Labute approximate surface area is 170 Å². The molecule has 1 aromatic rings. The predicted octanol–water partition coefficient (Wildman–Crippen LogP) is 3.75. The van der Waals surface area contributed by atoms with Gasteiger partial charge in [-0.3, -0.25) is 4.90 Å². The minimum absolute atomic E-state index is 0.210. The number of benzene rings is 1. The monoisotopic (exact) mass is 475 g/mol. The molecule has 2 aliphatic rings. The number of alkyl halides is 1. The third kappa shape index (κ3) is 4.46. The van der Waals surface area contributed by atoms with Crippen molar-refractivity contribution in [3.8, 4) is 11.5 Å². The molecule has 3 atom stereocenters. The predicted molar refractivity (Wildman–Crippen MR) is 110 cm³/mol. The topological polar surface area (TPSA) is 51.2 Å². The van der Waals surface area contributed by atoms with Crippen molar-refractivity contribution in [3.05, 3.63) is 23.8 Å². The standard InChI is InChI=1S/C20H30INO4/c1-24-16-9-8-15(14-17(16)25-2)10-13-26-20(21)11-4-3-6-18(20)22-12-5-7-19(22)23/h8-9,14,18-19,23H,3-7,10-13H2,1-2H3/t18-,19?,20+/m0/s1. The molecule has 1 saturated heterocycles. The minimum atomic E-state index is -0.304. The quantitative estimate of drug-likeness (QED) is 0.481. The Balaban J connectivity index is 1.61. The van der Waals surface area contributed by atoms with Gasteiger partial charge in [0, 0.05) is 6.54 Å². The van der Waals surface area contributed by atoms with Gasteiger partial charge in [-0.15, -0.1) is 0 Å². The molecule has 1 N–H and O–H groups in total. The molecule has 1 aromatic carbocycles. The molecule has 0 radical (unpaired) electrons. The first-order valence-corrected chi connectivity index (χ1v) is 10.6. The zero-order valence-electron chi connectivity index (χ0n) is 15.7. The molecule has 2 fully saturated rings. The van der Waals surface area contributed by atoms with Gasteiger partial charge in [0.15, 0.2) is 11.5 Å². The van der Waals surface area contributed by atoms with E-state index in [-0.39, 0.29) is 9.84 Å². The lowest BCUT2D eigenvalue weighted by molar-refractivity contribution is -0.0864. The molecule has 0 bridgehead atoms. The molecule has 26 heavy (non-hydrogen) atoms. The maximum absolute atomic E-state index is 10.3. The fourth-order valence-electron chi connectivity index (χ4n) is 4.18. The number of hydrogen-bond acceptors (Lipinski definition) is 5. The van der Waals surface area contributed by atoms with E-state index in [9.17, 15) is 5.11 Å². The van der Waals surface area contributed by atoms with Crippen LogP contribution >= 0.6 is 22.6 Å². The third-order valence-electron chi connectivity index (χ3n) is 5.59. The molecular weight excluding hydrogens is 445 g/mol. The summed E-state index contributed by atoms with van der Waals surface area (Å²) in [5.41, 5.74) is 1.18. The highest BCUT2D eigenvalue weighted by Gasteiger charge is 2.45. The second-order valence-electron chi connectivity index (χ2n) is 7.20. The lowest BCUT2D eigenvalue weighted by atomic mass is 9.91. The summed E-state index contributed by atoms with van der Waals surface area (Å²) in [7, 11) is 3.31. The Morgan fingerprint density at radius 2 is 1.96 bits per heavy atom. The van der Waals surface area contributed by atoms with E-state index in [0.29, 0.717) is 12.6 Å². The number of hydrogen-bond donors (Lipinski definition) is 1. The smallest absolute Gasteiger partial charge is 0.160 e. The molecule has 146 valence electrons. The van der Waals surface area contributed by atoms with E-state index < -0.39 is 0 Å². The van der Waals surface area contributed by atoms with Crippen molar-refractivity contribution >= 4 is 22.6 Å². The fraction of sp³-hybridized carbons (Fsp3) is 0.700. The summed E-state index contributed by atoms with van der Waals surface area (Å²) < 4.78 is 16.9. The Kier molecular flexibility index (Phi) is 7.05. The second kappa shape index (κ2) is 9.08. The van der Waals surface area contributed by atoms with Crippen LogP contribution in [0.2, 0.25) is 0 Å². The van der Waals surface area contributed by atoms with Gasteiger partial charge < -0.3 is 19.3 Å². The number of ether oxygens (including phenoxy) is 3. The van der Waals surface area contributed by atoms with Crippen molar-refractivity contribution in [2.45, 2.75) is 60.8 Å². The zero-order valence-corrected chi connectivity index (χ0v) is 17.9. The van der Waals surface area contributed by atoms with Gasteiger partial charge in [0.1, 0.15) is 9.84 Å². The number of aliphatic hydroxyl groups is 1. The first kappa shape index (κ1) is 20.2. The number of likely N-dealkylation sites (tertiary alicyclic amines) is 1. The fourth-order valence-corrected chi connectivity index (χ4v) is 5.45. The van der Waals surface area contributed by atoms with Crippen LogP contribution in [-0.4, -0.2) is 53.3 Å². The molecule has 1 saturated carbocycles. The summed E-state index contributed by atoms with van der Waals surface area (Å²) in [6.45, 7) is 1.65. The summed E-state index contributed by atoms with van der Waals surface area (Å²) in [5, 5.41) is 10.3. The number of nitrogens with zero attached hydrogens (tertiary/aromatic N) is 1. The van der Waals surface area contributed by atoms with E-state index in [1.165, 1.54) is 18.4 Å². The lowest BCUT2D eigenvalue weighted by Crippen LogP contribution is -2.54. The summed E-state index contributed by atoms with van der Waals surface area (Å²) >= 11 is 2.50. The molecule has 0 spiro atoms. The van der Waals surface area contributed by atoms with Crippen LogP contribution in [0.3, 0.4) is 0 Å². The zero-order chi connectivity index (χ0) is 18.6. The molecule has 6 heteroatoms.